The van der Waals surface area contributed by atoms with Gasteiger partial charge in [-0.2, -0.15) is 5.10 Å². The molecule has 1 saturated carbocycles. The number of amides is 1. The van der Waals surface area contributed by atoms with E-state index in [2.05, 4.69) is 22.4 Å². The molecule has 2 rings (SSSR count). The predicted molar refractivity (Wildman–Crippen MR) is 61.9 cm³/mol. The monoisotopic (exact) mass is 222 g/mol. The summed E-state index contributed by atoms with van der Waals surface area (Å²) in [6.45, 7) is 2.92. The summed E-state index contributed by atoms with van der Waals surface area (Å²) in [4.78, 5) is 11.8. The maximum atomic E-state index is 11.8. The summed E-state index contributed by atoms with van der Waals surface area (Å²) in [6.07, 6.45) is 6.28. The molecule has 0 bridgehead atoms. The van der Waals surface area contributed by atoms with E-state index in [-0.39, 0.29) is 5.91 Å². The van der Waals surface area contributed by atoms with E-state index in [0.717, 1.165) is 13.0 Å². The number of hydrogen-bond donors (Lipinski definition) is 3. The molecule has 0 aliphatic heterocycles. The van der Waals surface area contributed by atoms with Crippen molar-refractivity contribution in [2.45, 2.75) is 32.6 Å². The van der Waals surface area contributed by atoms with E-state index >= 15 is 0 Å². The van der Waals surface area contributed by atoms with Crippen molar-refractivity contribution in [1.82, 2.24) is 15.5 Å². The number of nitrogens with two attached hydrogens (primary N) is 1. The van der Waals surface area contributed by atoms with Crippen LogP contribution in [0.25, 0.3) is 0 Å². The minimum Gasteiger partial charge on any atom is -0.383 e. The molecule has 1 aliphatic carbocycles. The molecule has 5 nitrogen and oxygen atoms in total. The van der Waals surface area contributed by atoms with Gasteiger partial charge in [-0.1, -0.05) is 13.3 Å². The number of anilines is 1. The van der Waals surface area contributed by atoms with Gasteiger partial charge in [0.15, 0.2) is 0 Å². The van der Waals surface area contributed by atoms with E-state index in [1.165, 1.54) is 25.5 Å². The van der Waals surface area contributed by atoms with Gasteiger partial charge in [0.1, 0.15) is 11.4 Å². The normalized spacial score (nSPS) is 17.8. The summed E-state index contributed by atoms with van der Waals surface area (Å²) in [6, 6.07) is 0. The number of hydrogen-bond acceptors (Lipinski definition) is 3. The Labute approximate surface area is 94.8 Å². The first kappa shape index (κ1) is 11.0. The number of carbonyl (C=O) groups excluding carboxylic acids is 1. The summed E-state index contributed by atoms with van der Waals surface area (Å²) in [5.41, 5.74) is 6.34. The molecule has 16 heavy (non-hydrogen) atoms. The Kier molecular flexibility index (Phi) is 2.85. The van der Waals surface area contributed by atoms with Gasteiger partial charge in [-0.05, 0) is 24.7 Å². The van der Waals surface area contributed by atoms with Crippen molar-refractivity contribution >= 4 is 11.7 Å². The van der Waals surface area contributed by atoms with E-state index < -0.39 is 0 Å². The molecule has 0 radical (unpaired) electrons. The third kappa shape index (κ3) is 1.89. The Balaban J connectivity index is 1.91. The van der Waals surface area contributed by atoms with Gasteiger partial charge in [0, 0.05) is 6.54 Å². The summed E-state index contributed by atoms with van der Waals surface area (Å²) >= 11 is 0. The van der Waals surface area contributed by atoms with Crippen LogP contribution < -0.4 is 11.1 Å². The van der Waals surface area contributed by atoms with Gasteiger partial charge >= 0.3 is 0 Å². The number of carbonyl (C=O) groups is 1. The average Bonchev–Trinajstić information content (AvgIpc) is 2.63. The van der Waals surface area contributed by atoms with Crippen molar-refractivity contribution in [2.75, 3.05) is 12.3 Å². The van der Waals surface area contributed by atoms with Crippen molar-refractivity contribution < 1.29 is 4.79 Å². The SMILES string of the molecule is CCC1(CNC(=O)c2cn[nH]c2N)CCC1. The fourth-order valence-electron chi connectivity index (χ4n) is 2.17. The van der Waals surface area contributed by atoms with Crippen LogP contribution in [-0.2, 0) is 0 Å². The maximum absolute atomic E-state index is 11.8. The van der Waals surface area contributed by atoms with Crippen LogP contribution in [0.15, 0.2) is 6.20 Å². The molecule has 0 atom stereocenters. The zero-order chi connectivity index (χ0) is 11.6. The molecule has 5 heteroatoms. The topological polar surface area (TPSA) is 83.8 Å². The van der Waals surface area contributed by atoms with Crippen LogP contribution in [-0.4, -0.2) is 22.6 Å². The predicted octanol–water partition coefficient (Wildman–Crippen LogP) is 1.30. The molecule has 1 aromatic heterocycles. The Morgan fingerprint density at radius 2 is 2.44 bits per heavy atom. The number of nitrogens with zero attached hydrogens (tertiary/aromatic N) is 1. The molecule has 1 aliphatic rings. The highest BCUT2D eigenvalue weighted by Gasteiger charge is 2.35. The van der Waals surface area contributed by atoms with Gasteiger partial charge in [0.2, 0.25) is 0 Å². The minimum atomic E-state index is -0.133. The molecule has 0 unspecified atom stereocenters. The first-order chi connectivity index (χ1) is 7.67. The van der Waals surface area contributed by atoms with Gasteiger partial charge in [-0.15, -0.1) is 0 Å². The molecule has 0 saturated heterocycles. The van der Waals surface area contributed by atoms with Crippen molar-refractivity contribution in [3.63, 3.8) is 0 Å². The molecule has 1 fully saturated rings. The Morgan fingerprint density at radius 3 is 2.88 bits per heavy atom. The summed E-state index contributed by atoms with van der Waals surface area (Å²) in [5.74, 6) is 0.197. The van der Waals surface area contributed by atoms with Crippen LogP contribution in [0.5, 0.6) is 0 Å². The largest absolute Gasteiger partial charge is 0.383 e. The van der Waals surface area contributed by atoms with Gasteiger partial charge in [0.25, 0.3) is 5.91 Å². The third-order valence-electron chi connectivity index (χ3n) is 3.70. The van der Waals surface area contributed by atoms with Crippen molar-refractivity contribution in [3.05, 3.63) is 11.8 Å². The van der Waals surface area contributed by atoms with Crippen molar-refractivity contribution in [1.29, 1.82) is 0 Å². The van der Waals surface area contributed by atoms with E-state index in [4.69, 9.17) is 5.73 Å². The lowest BCUT2D eigenvalue weighted by Gasteiger charge is -2.41. The molecule has 4 N–H and O–H groups in total. The summed E-state index contributed by atoms with van der Waals surface area (Å²) in [5, 5.41) is 9.23. The van der Waals surface area contributed by atoms with Gasteiger partial charge in [-0.3, -0.25) is 9.89 Å². The second-order valence-corrected chi connectivity index (χ2v) is 4.59. The van der Waals surface area contributed by atoms with Crippen LogP contribution in [0.2, 0.25) is 0 Å². The molecule has 1 amide bonds. The quantitative estimate of drug-likeness (QED) is 0.718. The highest BCUT2D eigenvalue weighted by molar-refractivity contribution is 5.98. The van der Waals surface area contributed by atoms with Gasteiger partial charge in [-0.25, -0.2) is 0 Å². The van der Waals surface area contributed by atoms with E-state index in [0.29, 0.717) is 16.8 Å². The Bertz CT molecular complexity index is 376. The van der Waals surface area contributed by atoms with Crippen LogP contribution in [0.1, 0.15) is 43.0 Å². The first-order valence-electron chi connectivity index (χ1n) is 5.74. The molecule has 1 aromatic rings. The lowest BCUT2D eigenvalue weighted by molar-refractivity contribution is 0.0851. The minimum absolute atomic E-state index is 0.133. The summed E-state index contributed by atoms with van der Waals surface area (Å²) < 4.78 is 0. The van der Waals surface area contributed by atoms with Gasteiger partial charge in [0.05, 0.1) is 6.20 Å². The Hall–Kier alpha value is -1.52. The fraction of sp³-hybridized carbons (Fsp3) is 0.636. The molecular formula is C11H18N4O. The highest BCUT2D eigenvalue weighted by atomic mass is 16.1. The lowest BCUT2D eigenvalue weighted by atomic mass is 9.67. The first-order valence-corrected chi connectivity index (χ1v) is 5.74. The zero-order valence-electron chi connectivity index (χ0n) is 9.55. The number of rotatable bonds is 4. The van der Waals surface area contributed by atoms with E-state index in [1.54, 1.807) is 0 Å². The van der Waals surface area contributed by atoms with E-state index in [9.17, 15) is 4.79 Å². The Morgan fingerprint density at radius 1 is 1.69 bits per heavy atom. The van der Waals surface area contributed by atoms with Crippen LogP contribution in [0, 0.1) is 5.41 Å². The third-order valence-corrected chi connectivity index (χ3v) is 3.70. The number of aromatic nitrogens is 2. The molecular weight excluding hydrogens is 204 g/mol. The van der Waals surface area contributed by atoms with Crippen LogP contribution in [0.3, 0.4) is 0 Å². The second-order valence-electron chi connectivity index (χ2n) is 4.59. The van der Waals surface area contributed by atoms with Crippen LogP contribution in [0.4, 0.5) is 5.82 Å². The number of aromatic amines is 1. The molecule has 1 heterocycles. The van der Waals surface area contributed by atoms with E-state index in [1.807, 2.05) is 0 Å². The van der Waals surface area contributed by atoms with Gasteiger partial charge < -0.3 is 11.1 Å². The molecule has 0 aromatic carbocycles. The highest BCUT2D eigenvalue weighted by Crippen LogP contribution is 2.43. The fourth-order valence-corrected chi connectivity index (χ4v) is 2.17. The van der Waals surface area contributed by atoms with Crippen molar-refractivity contribution in [3.8, 4) is 0 Å². The van der Waals surface area contributed by atoms with Crippen LogP contribution >= 0.6 is 0 Å². The molecule has 88 valence electrons. The average molecular weight is 222 g/mol. The number of nitrogen functional groups attached to an aromatic ring is 1. The standard InChI is InChI=1S/C11H18N4O/c1-2-11(4-3-5-11)7-13-10(16)8-6-14-15-9(8)12/h6H,2-5,7H2,1H3,(H,13,16)(H3,12,14,15). The zero-order valence-corrected chi connectivity index (χ0v) is 9.55. The summed E-state index contributed by atoms with van der Waals surface area (Å²) in [7, 11) is 0. The second kappa shape index (κ2) is 4.15. The number of nitrogens with one attached hydrogen (secondary N) is 2. The molecule has 0 spiro atoms. The smallest absolute Gasteiger partial charge is 0.256 e. The number of H-pyrrole nitrogens is 1. The van der Waals surface area contributed by atoms with Crippen molar-refractivity contribution in [2.24, 2.45) is 5.41 Å². The lowest BCUT2D eigenvalue weighted by Crippen LogP contribution is -2.41. The maximum Gasteiger partial charge on any atom is 0.256 e.